The number of unbranched alkanes of at least 4 members (excludes halogenated alkanes) is 20. The van der Waals surface area contributed by atoms with Crippen LogP contribution in [0.3, 0.4) is 0 Å². The topological polar surface area (TPSA) is 120 Å². The van der Waals surface area contributed by atoms with Crippen LogP contribution in [-0.4, -0.2) is 81.0 Å². The van der Waals surface area contributed by atoms with Crippen molar-refractivity contribution < 1.29 is 38.1 Å². The summed E-state index contributed by atoms with van der Waals surface area (Å²) in [4.78, 5) is 53.4. The highest BCUT2D eigenvalue weighted by atomic mass is 16.6. The number of nitrogens with one attached hydrogen (secondary N) is 1. The Hall–Kier alpha value is -3.40. The number of amides is 1. The van der Waals surface area contributed by atoms with Crippen molar-refractivity contribution in [2.24, 2.45) is 0 Å². The summed E-state index contributed by atoms with van der Waals surface area (Å²) in [5, 5.41) is 2.82. The van der Waals surface area contributed by atoms with Gasteiger partial charge in [-0.05, 0) is 110 Å². The molecule has 0 rings (SSSR count). The summed E-state index contributed by atoms with van der Waals surface area (Å²) in [6.45, 7) is 10.4. The van der Waals surface area contributed by atoms with Crippen LogP contribution in [0.5, 0.6) is 0 Å². The number of rotatable bonds is 47. The van der Waals surface area contributed by atoms with Crippen LogP contribution in [0.4, 0.5) is 4.79 Å². The second kappa shape index (κ2) is 49.5. The summed E-state index contributed by atoms with van der Waals surface area (Å²) in [5.74, 6) is -1.23. The Kier molecular flexibility index (Phi) is 47.0. The standard InChI is InChI=1S/C56H100N2O8/c1-6-10-13-16-18-20-22-24-26-28-30-32-34-37-40-43-53(59)63-49-52(50-64-54(60)44-41-38-35-33-31-29-27-25-23-21-19-17-14-11-7-2)65-55(61)46-45-51(42-39-36-15-12-8-3)66-56(62)57-47-48-58(5)9-4/h18-21,24-27,51-52H,6-17,22-23,28-50H2,1-5H3,(H,57,62)/b20-18-,21-19-,26-24-,27-25-/t51-/m1/s1. The predicted molar refractivity (Wildman–Crippen MR) is 275 cm³/mol. The lowest BCUT2D eigenvalue weighted by atomic mass is 10.0. The summed E-state index contributed by atoms with van der Waals surface area (Å²) in [5.41, 5.74) is 0. The van der Waals surface area contributed by atoms with Gasteiger partial charge >= 0.3 is 24.0 Å². The van der Waals surface area contributed by atoms with Crippen molar-refractivity contribution >= 4 is 24.0 Å². The van der Waals surface area contributed by atoms with E-state index in [9.17, 15) is 19.2 Å². The monoisotopic (exact) mass is 929 g/mol. The summed E-state index contributed by atoms with van der Waals surface area (Å²) in [7, 11) is 1.99. The third-order valence-corrected chi connectivity index (χ3v) is 11.7. The summed E-state index contributed by atoms with van der Waals surface area (Å²) < 4.78 is 22.6. The number of nitrogens with zero attached hydrogens (tertiary/aromatic N) is 1. The normalized spacial score (nSPS) is 12.3. The van der Waals surface area contributed by atoms with Gasteiger partial charge in [0.2, 0.25) is 0 Å². The SMILES string of the molecule is CCCCC/C=C\C/C=C\CCCCCCCC(=O)OCC(COC(=O)CCCCCCC/C=C\C/C=C\CCCCC)OC(=O)CC[C@@H](CCCCCCC)OC(=O)NCCN(C)CC. The molecule has 10 nitrogen and oxygen atoms in total. The van der Waals surface area contributed by atoms with Crippen molar-refractivity contribution in [3.8, 4) is 0 Å². The number of ether oxygens (including phenoxy) is 4. The van der Waals surface area contributed by atoms with Crippen molar-refractivity contribution in [2.75, 3.05) is 39.9 Å². The van der Waals surface area contributed by atoms with E-state index in [1.54, 1.807) is 0 Å². The number of hydrogen-bond donors (Lipinski definition) is 1. The van der Waals surface area contributed by atoms with Gasteiger partial charge in [0.1, 0.15) is 19.3 Å². The van der Waals surface area contributed by atoms with Gasteiger partial charge in [-0.15, -0.1) is 0 Å². The van der Waals surface area contributed by atoms with Gasteiger partial charge in [-0.1, -0.05) is 166 Å². The molecule has 0 spiro atoms. The molecular weight excluding hydrogens is 829 g/mol. The Balaban J connectivity index is 4.95. The van der Waals surface area contributed by atoms with Crippen LogP contribution < -0.4 is 5.32 Å². The molecule has 0 aromatic heterocycles. The molecule has 0 bridgehead atoms. The first-order valence-electron chi connectivity index (χ1n) is 27.0. The highest BCUT2D eigenvalue weighted by molar-refractivity contribution is 5.71. The van der Waals surface area contributed by atoms with Gasteiger partial charge in [0.25, 0.3) is 0 Å². The number of esters is 3. The molecule has 0 heterocycles. The average molecular weight is 929 g/mol. The minimum Gasteiger partial charge on any atom is -0.462 e. The maximum absolute atomic E-state index is 13.2. The van der Waals surface area contributed by atoms with E-state index in [0.29, 0.717) is 25.9 Å². The number of alkyl carbamates (subject to hydrolysis) is 1. The van der Waals surface area contributed by atoms with E-state index < -0.39 is 24.3 Å². The summed E-state index contributed by atoms with van der Waals surface area (Å²) in [6, 6.07) is 0. The molecule has 66 heavy (non-hydrogen) atoms. The van der Waals surface area contributed by atoms with Crippen molar-refractivity contribution in [1.82, 2.24) is 10.2 Å². The molecule has 0 unspecified atom stereocenters. The van der Waals surface area contributed by atoms with Gasteiger partial charge in [0.05, 0.1) is 0 Å². The highest BCUT2D eigenvalue weighted by Crippen LogP contribution is 2.16. The van der Waals surface area contributed by atoms with E-state index in [2.05, 4.69) is 86.5 Å². The molecule has 0 aromatic carbocycles. The van der Waals surface area contributed by atoms with Gasteiger partial charge in [-0.2, -0.15) is 0 Å². The third-order valence-electron chi connectivity index (χ3n) is 11.7. The zero-order valence-electron chi connectivity index (χ0n) is 43.1. The van der Waals surface area contributed by atoms with Gasteiger partial charge in [-0.3, -0.25) is 14.4 Å². The van der Waals surface area contributed by atoms with Crippen molar-refractivity contribution in [1.29, 1.82) is 0 Å². The molecule has 0 aliphatic carbocycles. The molecule has 0 aliphatic rings. The number of allylic oxidation sites excluding steroid dienone is 8. The van der Waals surface area contributed by atoms with Crippen LogP contribution in [0.25, 0.3) is 0 Å². The Labute approximate surface area is 404 Å². The van der Waals surface area contributed by atoms with Crippen LogP contribution in [-0.2, 0) is 33.3 Å². The van der Waals surface area contributed by atoms with E-state index in [0.717, 1.165) is 129 Å². The van der Waals surface area contributed by atoms with Gasteiger partial charge in [0.15, 0.2) is 6.10 Å². The smallest absolute Gasteiger partial charge is 0.407 e. The lowest BCUT2D eigenvalue weighted by Crippen LogP contribution is -2.35. The van der Waals surface area contributed by atoms with E-state index >= 15 is 0 Å². The average Bonchev–Trinajstić information content (AvgIpc) is 3.31. The van der Waals surface area contributed by atoms with Crippen LogP contribution in [0.15, 0.2) is 48.6 Å². The van der Waals surface area contributed by atoms with Crippen LogP contribution in [0.1, 0.15) is 233 Å². The molecule has 1 N–H and O–H groups in total. The summed E-state index contributed by atoms with van der Waals surface area (Å²) >= 11 is 0. The van der Waals surface area contributed by atoms with Gasteiger partial charge < -0.3 is 29.2 Å². The van der Waals surface area contributed by atoms with Crippen LogP contribution in [0.2, 0.25) is 0 Å². The molecule has 1 amide bonds. The third kappa shape index (κ3) is 45.7. The first kappa shape index (κ1) is 62.6. The maximum atomic E-state index is 13.2. The molecule has 0 saturated heterocycles. The van der Waals surface area contributed by atoms with Crippen LogP contribution in [0, 0.1) is 0 Å². The fourth-order valence-electron chi connectivity index (χ4n) is 7.26. The predicted octanol–water partition coefficient (Wildman–Crippen LogP) is 14.8. The molecule has 1 atom stereocenters. The number of likely N-dealkylation sites (N-methyl/N-ethyl adjacent to an activating group) is 1. The number of hydrogen-bond acceptors (Lipinski definition) is 9. The summed E-state index contributed by atoms with van der Waals surface area (Å²) in [6.07, 6.45) is 47.3. The van der Waals surface area contributed by atoms with E-state index in [1.165, 1.54) is 51.4 Å². The molecular formula is C56H100N2O8. The Morgan fingerprint density at radius 1 is 0.455 bits per heavy atom. The molecule has 0 fully saturated rings. The fraction of sp³-hybridized carbons (Fsp3) is 0.786. The quantitative estimate of drug-likeness (QED) is 0.0275. The van der Waals surface area contributed by atoms with Crippen molar-refractivity contribution in [3.63, 3.8) is 0 Å². The zero-order valence-corrected chi connectivity index (χ0v) is 43.1. The fourth-order valence-corrected chi connectivity index (χ4v) is 7.26. The number of carbonyl (C=O) groups excluding carboxylic acids is 4. The molecule has 0 saturated carbocycles. The van der Waals surface area contributed by atoms with Crippen LogP contribution >= 0.6 is 0 Å². The minimum absolute atomic E-state index is 0.0157. The first-order chi connectivity index (χ1) is 32.2. The van der Waals surface area contributed by atoms with E-state index in [4.69, 9.17) is 18.9 Å². The van der Waals surface area contributed by atoms with Gasteiger partial charge in [-0.25, -0.2) is 4.79 Å². The lowest BCUT2D eigenvalue weighted by Gasteiger charge is -2.21. The minimum atomic E-state index is -0.924. The molecule has 0 aliphatic heterocycles. The second-order valence-corrected chi connectivity index (χ2v) is 18.0. The largest absolute Gasteiger partial charge is 0.462 e. The molecule has 382 valence electrons. The first-order valence-corrected chi connectivity index (χ1v) is 27.0. The molecule has 10 heteroatoms. The van der Waals surface area contributed by atoms with E-state index in [1.807, 2.05) is 7.05 Å². The van der Waals surface area contributed by atoms with Gasteiger partial charge in [0, 0.05) is 32.4 Å². The Morgan fingerprint density at radius 3 is 1.36 bits per heavy atom. The zero-order chi connectivity index (χ0) is 48.4. The van der Waals surface area contributed by atoms with Crippen molar-refractivity contribution in [2.45, 2.75) is 245 Å². The number of carbonyl (C=O) groups is 4. The second-order valence-electron chi connectivity index (χ2n) is 18.0. The highest BCUT2D eigenvalue weighted by Gasteiger charge is 2.22. The van der Waals surface area contributed by atoms with E-state index in [-0.39, 0.29) is 44.4 Å². The Morgan fingerprint density at radius 2 is 0.879 bits per heavy atom. The molecule has 0 radical (unpaired) electrons. The van der Waals surface area contributed by atoms with Crippen molar-refractivity contribution in [3.05, 3.63) is 48.6 Å². The Bertz CT molecular complexity index is 1200. The molecule has 0 aromatic rings. The maximum Gasteiger partial charge on any atom is 0.407 e. The lowest BCUT2D eigenvalue weighted by molar-refractivity contribution is -0.167.